The van der Waals surface area contributed by atoms with Crippen molar-refractivity contribution in [1.82, 2.24) is 25.2 Å². The van der Waals surface area contributed by atoms with Crippen LogP contribution in [0.25, 0.3) is 16.3 Å². The maximum absolute atomic E-state index is 14.8. The second-order valence-corrected chi connectivity index (χ2v) is 9.74. The molecule has 1 saturated heterocycles. The summed E-state index contributed by atoms with van der Waals surface area (Å²) in [5, 5.41) is 21.6. The van der Waals surface area contributed by atoms with E-state index in [1.165, 1.54) is 17.4 Å². The lowest BCUT2D eigenvalue weighted by molar-refractivity contribution is -0.138. The molecule has 1 N–H and O–H groups in total. The quantitative estimate of drug-likeness (QED) is 0.437. The monoisotopic (exact) mass is 504 g/mol. The number of carboxylic acids is 1. The summed E-state index contributed by atoms with van der Waals surface area (Å²) in [5.74, 6) is -0.180. The summed E-state index contributed by atoms with van der Waals surface area (Å²) >= 11 is 1.43. The molecule has 0 amide bonds. The number of hydrogen-bond acceptors (Lipinski definition) is 8. The zero-order chi connectivity index (χ0) is 24.7. The van der Waals surface area contributed by atoms with E-state index in [-0.39, 0.29) is 12.4 Å². The van der Waals surface area contributed by atoms with Crippen LogP contribution in [-0.4, -0.2) is 55.0 Å². The first-order chi connectivity index (χ1) is 17.5. The standard InChI is InChI=1S/C25H21FN6O3S/c26-19-7-3-1-5-16(19)18-13-25(35-20-8-4-2-6-17(18)20)9-11-31(12-10-25)24-27-14-21(36-24)23-28-30-32(29-23)15-22(33)34/h1-8,13-14H,9-12,15H2,(H,33,34). The summed E-state index contributed by atoms with van der Waals surface area (Å²) < 4.78 is 21.3. The van der Waals surface area contributed by atoms with Gasteiger partial charge in [0.2, 0.25) is 5.82 Å². The van der Waals surface area contributed by atoms with Crippen LogP contribution in [-0.2, 0) is 11.3 Å². The summed E-state index contributed by atoms with van der Waals surface area (Å²) in [6.45, 7) is 1.06. The van der Waals surface area contributed by atoms with Crippen molar-refractivity contribution in [3.05, 3.63) is 77.7 Å². The first-order valence-corrected chi connectivity index (χ1v) is 12.3. The van der Waals surface area contributed by atoms with E-state index in [4.69, 9.17) is 9.84 Å². The fourth-order valence-electron chi connectivity index (χ4n) is 4.64. The van der Waals surface area contributed by atoms with Crippen LogP contribution >= 0.6 is 11.3 Å². The Labute approximate surface area is 209 Å². The van der Waals surface area contributed by atoms with Crippen LogP contribution in [0.2, 0.25) is 0 Å². The Hall–Kier alpha value is -4.12. The minimum absolute atomic E-state index is 0.253. The fourth-order valence-corrected chi connectivity index (χ4v) is 5.53. The molecular weight excluding hydrogens is 483 g/mol. The molecule has 2 aliphatic heterocycles. The average molecular weight is 505 g/mol. The number of thiazole rings is 1. The fraction of sp³-hybridized carbons (Fsp3) is 0.240. The molecule has 0 aliphatic carbocycles. The number of benzene rings is 2. The third-order valence-corrected chi connectivity index (χ3v) is 7.44. The lowest BCUT2D eigenvalue weighted by Crippen LogP contribution is -2.48. The maximum atomic E-state index is 14.8. The van der Waals surface area contributed by atoms with Gasteiger partial charge < -0.3 is 14.7 Å². The molecule has 0 radical (unpaired) electrons. The number of carboxylic acid groups (broad SMARTS) is 1. The van der Waals surface area contributed by atoms with Crippen molar-refractivity contribution in [3.8, 4) is 16.5 Å². The van der Waals surface area contributed by atoms with Gasteiger partial charge in [0.25, 0.3) is 0 Å². The summed E-state index contributed by atoms with van der Waals surface area (Å²) in [5.41, 5.74) is 1.78. The number of piperidine rings is 1. The molecule has 1 fully saturated rings. The smallest absolute Gasteiger partial charge is 0.327 e. The molecule has 9 nitrogen and oxygen atoms in total. The zero-order valence-corrected chi connectivity index (χ0v) is 19.9. The number of nitrogens with zero attached hydrogens (tertiary/aromatic N) is 6. The third-order valence-electron chi connectivity index (χ3n) is 6.39. The van der Waals surface area contributed by atoms with E-state index in [0.717, 1.165) is 26.8 Å². The molecular formula is C25H21FN6O3S. The van der Waals surface area contributed by atoms with Gasteiger partial charge in [-0.25, -0.2) is 9.37 Å². The van der Waals surface area contributed by atoms with Crippen LogP contribution < -0.4 is 9.64 Å². The van der Waals surface area contributed by atoms with Crippen LogP contribution in [0.15, 0.2) is 60.8 Å². The van der Waals surface area contributed by atoms with Gasteiger partial charge in [-0.3, -0.25) is 4.79 Å². The van der Waals surface area contributed by atoms with E-state index in [0.29, 0.717) is 42.2 Å². The maximum Gasteiger partial charge on any atom is 0.327 e. The van der Waals surface area contributed by atoms with Crippen LogP contribution in [0.1, 0.15) is 24.0 Å². The highest BCUT2D eigenvalue weighted by atomic mass is 32.1. The molecule has 0 unspecified atom stereocenters. The average Bonchev–Trinajstić information content (AvgIpc) is 3.54. The first kappa shape index (κ1) is 22.4. The summed E-state index contributed by atoms with van der Waals surface area (Å²) in [4.78, 5) is 19.3. The molecule has 0 saturated carbocycles. The van der Waals surface area contributed by atoms with Gasteiger partial charge in [-0.15, -0.1) is 10.2 Å². The topological polar surface area (TPSA) is 106 Å². The number of carbonyl (C=O) groups is 1. The number of ether oxygens (including phenoxy) is 1. The molecule has 0 bridgehead atoms. The van der Waals surface area contributed by atoms with Crippen LogP contribution in [0.3, 0.4) is 0 Å². The summed E-state index contributed by atoms with van der Waals surface area (Å²) in [6.07, 6.45) is 5.18. The third kappa shape index (κ3) is 4.11. The van der Waals surface area contributed by atoms with Gasteiger partial charge in [-0.2, -0.15) is 4.80 Å². The summed E-state index contributed by atoms with van der Waals surface area (Å²) in [7, 11) is 0. The van der Waals surface area contributed by atoms with Gasteiger partial charge in [0.1, 0.15) is 17.2 Å². The van der Waals surface area contributed by atoms with Crippen molar-refractivity contribution >= 4 is 28.0 Å². The number of halogens is 1. The highest BCUT2D eigenvalue weighted by Crippen LogP contribution is 2.44. The van der Waals surface area contributed by atoms with E-state index in [1.807, 2.05) is 36.4 Å². The lowest BCUT2D eigenvalue weighted by atomic mass is 9.83. The highest BCUT2D eigenvalue weighted by Gasteiger charge is 2.40. The number of rotatable bonds is 5. The molecule has 2 aromatic carbocycles. The normalized spacial score (nSPS) is 16.4. The number of aliphatic carboxylic acids is 1. The number of aromatic nitrogens is 5. The number of fused-ring (bicyclic) bond motifs is 1. The van der Waals surface area contributed by atoms with Crippen molar-refractivity contribution in [1.29, 1.82) is 0 Å². The van der Waals surface area contributed by atoms with Gasteiger partial charge in [-0.05, 0) is 29.0 Å². The zero-order valence-electron chi connectivity index (χ0n) is 19.0. The van der Waals surface area contributed by atoms with Gasteiger partial charge in [0.15, 0.2) is 11.7 Å². The van der Waals surface area contributed by atoms with Crippen molar-refractivity contribution in [3.63, 3.8) is 0 Å². The van der Waals surface area contributed by atoms with E-state index in [1.54, 1.807) is 12.3 Å². The molecule has 11 heteroatoms. The van der Waals surface area contributed by atoms with Crippen molar-refractivity contribution in [2.75, 3.05) is 18.0 Å². The number of hydrogen-bond donors (Lipinski definition) is 1. The molecule has 4 aromatic rings. The Balaban J connectivity index is 1.23. The Morgan fingerprint density at radius 1 is 1.11 bits per heavy atom. The Kier molecular flexibility index (Phi) is 5.48. The molecule has 182 valence electrons. The van der Waals surface area contributed by atoms with Crippen molar-refractivity contribution in [2.45, 2.75) is 25.0 Å². The molecule has 6 rings (SSSR count). The van der Waals surface area contributed by atoms with Crippen LogP contribution in [0.4, 0.5) is 9.52 Å². The second-order valence-electron chi connectivity index (χ2n) is 8.73. The van der Waals surface area contributed by atoms with Crippen molar-refractivity contribution < 1.29 is 19.0 Å². The van der Waals surface area contributed by atoms with E-state index in [9.17, 15) is 9.18 Å². The lowest BCUT2D eigenvalue weighted by Gasteiger charge is -2.43. The molecule has 36 heavy (non-hydrogen) atoms. The minimum atomic E-state index is -1.04. The Morgan fingerprint density at radius 2 is 1.86 bits per heavy atom. The van der Waals surface area contributed by atoms with Gasteiger partial charge >= 0.3 is 5.97 Å². The predicted molar refractivity (Wildman–Crippen MR) is 131 cm³/mol. The Bertz CT molecular complexity index is 1470. The Morgan fingerprint density at radius 3 is 2.64 bits per heavy atom. The molecule has 0 atom stereocenters. The van der Waals surface area contributed by atoms with Crippen LogP contribution in [0, 0.1) is 5.82 Å². The minimum Gasteiger partial charge on any atom is -0.482 e. The number of tetrazole rings is 1. The van der Waals surface area contributed by atoms with E-state index >= 15 is 0 Å². The molecule has 2 aliphatic rings. The van der Waals surface area contributed by atoms with Crippen molar-refractivity contribution in [2.24, 2.45) is 0 Å². The number of para-hydroxylation sites is 1. The predicted octanol–water partition coefficient (Wildman–Crippen LogP) is 3.88. The van der Waals surface area contributed by atoms with Gasteiger partial charge in [-0.1, -0.05) is 47.7 Å². The largest absolute Gasteiger partial charge is 0.482 e. The molecule has 1 spiro atoms. The summed E-state index contributed by atoms with van der Waals surface area (Å²) in [6, 6.07) is 14.6. The number of anilines is 1. The first-order valence-electron chi connectivity index (χ1n) is 11.5. The SMILES string of the molecule is O=C(O)Cn1nnc(-c2cnc(N3CCC4(C=C(c5ccccc5F)c5ccccc5O4)CC3)s2)n1. The second kappa shape index (κ2) is 8.83. The van der Waals surface area contributed by atoms with E-state index < -0.39 is 11.6 Å². The highest BCUT2D eigenvalue weighted by molar-refractivity contribution is 7.18. The van der Waals surface area contributed by atoms with E-state index in [2.05, 4.69) is 31.4 Å². The molecule has 2 aromatic heterocycles. The van der Waals surface area contributed by atoms with Gasteiger partial charge in [0, 0.05) is 37.1 Å². The van der Waals surface area contributed by atoms with Gasteiger partial charge in [0.05, 0.1) is 11.1 Å². The molecule has 4 heterocycles. The van der Waals surface area contributed by atoms with Crippen LogP contribution in [0.5, 0.6) is 5.75 Å².